The van der Waals surface area contributed by atoms with E-state index < -0.39 is 0 Å². The summed E-state index contributed by atoms with van der Waals surface area (Å²) >= 11 is 0. The first-order valence-electron chi connectivity index (χ1n) is 10.3. The maximum absolute atomic E-state index is 11.7. The second-order valence-corrected chi connectivity index (χ2v) is 7.51. The number of hydrogen-bond donors (Lipinski definition) is 3. The van der Waals surface area contributed by atoms with Gasteiger partial charge in [-0.3, -0.25) is 14.7 Å². The van der Waals surface area contributed by atoms with Crippen LogP contribution in [0.4, 0.5) is 0 Å². The number of nitrogens with one attached hydrogen (secondary N) is 3. The average Bonchev–Trinajstić information content (AvgIpc) is 3.53. The van der Waals surface area contributed by atoms with Crippen LogP contribution in [0.2, 0.25) is 0 Å². The molecule has 3 N–H and O–H groups in total. The summed E-state index contributed by atoms with van der Waals surface area (Å²) in [6.07, 6.45) is 4.33. The maximum atomic E-state index is 11.7. The summed E-state index contributed by atoms with van der Waals surface area (Å²) in [6, 6.07) is 11.1. The zero-order valence-corrected chi connectivity index (χ0v) is 19.2. The molecule has 1 heterocycles. The van der Waals surface area contributed by atoms with E-state index in [0.717, 1.165) is 57.8 Å². The Hall–Kier alpha value is -1.35. The molecule has 2 aliphatic rings. The minimum absolute atomic E-state index is 0. The zero-order chi connectivity index (χ0) is 18.9. The second kappa shape index (κ2) is 12.3. The van der Waals surface area contributed by atoms with Crippen LogP contribution in [-0.2, 0) is 11.3 Å². The summed E-state index contributed by atoms with van der Waals surface area (Å²) in [5.74, 6) is 1.31. The molecule has 1 aliphatic heterocycles. The molecular weight excluding hydrogens is 465 g/mol. The number of carbonyl (C=O) groups excluding carboxylic acids is 1. The lowest BCUT2D eigenvalue weighted by Crippen LogP contribution is -2.48. The molecule has 28 heavy (non-hydrogen) atoms. The van der Waals surface area contributed by atoms with Crippen molar-refractivity contribution in [2.45, 2.75) is 45.2 Å². The Balaban J connectivity index is 0.00000280. The van der Waals surface area contributed by atoms with Gasteiger partial charge in [0.15, 0.2) is 5.96 Å². The highest BCUT2D eigenvalue weighted by molar-refractivity contribution is 14.0. The number of likely N-dealkylation sites (tertiary alicyclic amines) is 1. The van der Waals surface area contributed by atoms with E-state index in [1.54, 1.807) is 0 Å². The molecule has 0 radical (unpaired) electrons. The van der Waals surface area contributed by atoms with Gasteiger partial charge in [0.1, 0.15) is 0 Å². The van der Waals surface area contributed by atoms with Gasteiger partial charge in [0.2, 0.25) is 5.91 Å². The van der Waals surface area contributed by atoms with Crippen molar-refractivity contribution in [3.8, 4) is 0 Å². The minimum Gasteiger partial charge on any atom is -0.357 e. The highest BCUT2D eigenvalue weighted by Crippen LogP contribution is 2.28. The van der Waals surface area contributed by atoms with Crippen molar-refractivity contribution in [1.82, 2.24) is 20.9 Å². The molecule has 0 atom stereocenters. The van der Waals surface area contributed by atoms with E-state index in [2.05, 4.69) is 63.1 Å². The number of halogens is 1. The van der Waals surface area contributed by atoms with Gasteiger partial charge in [-0.2, -0.15) is 0 Å². The molecule has 2 fully saturated rings. The van der Waals surface area contributed by atoms with Gasteiger partial charge in [-0.25, -0.2) is 0 Å². The predicted octanol–water partition coefficient (Wildman–Crippen LogP) is 2.35. The summed E-state index contributed by atoms with van der Waals surface area (Å²) in [5, 5.41) is 9.85. The fourth-order valence-corrected chi connectivity index (χ4v) is 3.43. The molecule has 0 aromatic heterocycles. The van der Waals surface area contributed by atoms with Gasteiger partial charge in [-0.1, -0.05) is 30.3 Å². The smallest absolute Gasteiger partial charge is 0.223 e. The Morgan fingerprint density at radius 2 is 1.82 bits per heavy atom. The third kappa shape index (κ3) is 7.95. The summed E-state index contributed by atoms with van der Waals surface area (Å²) < 4.78 is 0. The van der Waals surface area contributed by atoms with Gasteiger partial charge in [-0.15, -0.1) is 24.0 Å². The van der Waals surface area contributed by atoms with Crippen molar-refractivity contribution in [3.05, 3.63) is 35.9 Å². The third-order valence-corrected chi connectivity index (χ3v) is 5.15. The molecule has 7 heteroatoms. The van der Waals surface area contributed by atoms with Crippen LogP contribution in [0.3, 0.4) is 0 Å². The molecule has 1 saturated carbocycles. The van der Waals surface area contributed by atoms with E-state index in [1.165, 1.54) is 5.56 Å². The number of amides is 1. The van der Waals surface area contributed by atoms with Crippen LogP contribution in [0, 0.1) is 5.92 Å². The van der Waals surface area contributed by atoms with Crippen LogP contribution in [0.5, 0.6) is 0 Å². The molecule has 1 amide bonds. The highest BCUT2D eigenvalue weighted by Gasteiger charge is 2.29. The fourth-order valence-electron chi connectivity index (χ4n) is 3.43. The molecule has 156 valence electrons. The van der Waals surface area contributed by atoms with Crippen LogP contribution in [-0.4, -0.2) is 55.5 Å². The number of rotatable bonds is 8. The van der Waals surface area contributed by atoms with Gasteiger partial charge in [-0.05, 0) is 38.2 Å². The van der Waals surface area contributed by atoms with Crippen molar-refractivity contribution < 1.29 is 4.79 Å². The van der Waals surface area contributed by atoms with Crippen molar-refractivity contribution in [1.29, 1.82) is 0 Å². The third-order valence-electron chi connectivity index (χ3n) is 5.15. The monoisotopic (exact) mass is 499 g/mol. The molecule has 0 unspecified atom stereocenters. The molecule has 1 saturated heterocycles. The van der Waals surface area contributed by atoms with Crippen molar-refractivity contribution in [2.24, 2.45) is 10.9 Å². The van der Waals surface area contributed by atoms with Crippen LogP contribution in [0.15, 0.2) is 35.3 Å². The summed E-state index contributed by atoms with van der Waals surface area (Å²) in [5.41, 5.74) is 1.38. The Morgan fingerprint density at radius 3 is 2.46 bits per heavy atom. The quantitative estimate of drug-likeness (QED) is 0.222. The van der Waals surface area contributed by atoms with Gasteiger partial charge in [0, 0.05) is 44.7 Å². The van der Waals surface area contributed by atoms with Crippen molar-refractivity contribution in [2.75, 3.05) is 32.7 Å². The topological polar surface area (TPSA) is 68.8 Å². The molecule has 0 spiro atoms. The first-order chi connectivity index (χ1) is 13.2. The number of guanidine groups is 1. The normalized spacial score (nSPS) is 18.2. The summed E-state index contributed by atoms with van der Waals surface area (Å²) in [4.78, 5) is 18.8. The standard InChI is InChI=1S/C21H33N5O.HI/c1-2-22-21(24-13-12-23-20(27)18-8-9-18)25-19-10-14-26(15-11-19)16-17-6-4-3-5-7-17;/h3-7,18-19H,2,8-16H2,1H3,(H,23,27)(H2,22,24,25);1H. The molecule has 0 bridgehead atoms. The SMILES string of the molecule is CCNC(=NCCNC(=O)C1CC1)NC1CCN(Cc2ccccc2)CC1.I. The Morgan fingerprint density at radius 1 is 1.11 bits per heavy atom. The van der Waals surface area contributed by atoms with E-state index in [-0.39, 0.29) is 35.8 Å². The number of carbonyl (C=O) groups is 1. The van der Waals surface area contributed by atoms with Gasteiger partial charge < -0.3 is 16.0 Å². The number of piperidine rings is 1. The van der Waals surface area contributed by atoms with E-state index in [9.17, 15) is 4.79 Å². The molecule has 1 aromatic carbocycles. The summed E-state index contributed by atoms with van der Waals surface area (Å²) in [7, 11) is 0. The fraction of sp³-hybridized carbons (Fsp3) is 0.619. The number of aliphatic imine (C=N–C) groups is 1. The largest absolute Gasteiger partial charge is 0.357 e. The van der Waals surface area contributed by atoms with Gasteiger partial charge >= 0.3 is 0 Å². The van der Waals surface area contributed by atoms with Crippen LogP contribution >= 0.6 is 24.0 Å². The predicted molar refractivity (Wildman–Crippen MR) is 125 cm³/mol. The number of nitrogens with zero attached hydrogens (tertiary/aromatic N) is 2. The van der Waals surface area contributed by atoms with E-state index >= 15 is 0 Å². The van der Waals surface area contributed by atoms with Crippen molar-refractivity contribution >= 4 is 35.8 Å². The van der Waals surface area contributed by atoms with Crippen molar-refractivity contribution in [3.63, 3.8) is 0 Å². The lowest BCUT2D eigenvalue weighted by atomic mass is 10.0. The second-order valence-electron chi connectivity index (χ2n) is 7.51. The number of benzene rings is 1. The molecule has 1 aromatic rings. The van der Waals surface area contributed by atoms with Crippen LogP contribution < -0.4 is 16.0 Å². The van der Waals surface area contributed by atoms with Crippen LogP contribution in [0.1, 0.15) is 38.2 Å². The molecule has 1 aliphatic carbocycles. The van der Waals surface area contributed by atoms with Gasteiger partial charge in [0.05, 0.1) is 6.54 Å². The minimum atomic E-state index is 0. The average molecular weight is 499 g/mol. The van der Waals surface area contributed by atoms with E-state index in [4.69, 9.17) is 0 Å². The van der Waals surface area contributed by atoms with E-state index in [0.29, 0.717) is 19.1 Å². The molecule has 3 rings (SSSR count). The number of hydrogen-bond acceptors (Lipinski definition) is 3. The first kappa shape index (κ1) is 22.9. The first-order valence-corrected chi connectivity index (χ1v) is 10.3. The van der Waals surface area contributed by atoms with Crippen LogP contribution in [0.25, 0.3) is 0 Å². The van der Waals surface area contributed by atoms with Gasteiger partial charge in [0.25, 0.3) is 0 Å². The lowest BCUT2D eigenvalue weighted by Gasteiger charge is -2.33. The Labute approximate surface area is 186 Å². The Kier molecular flexibility index (Phi) is 10.0. The highest BCUT2D eigenvalue weighted by atomic mass is 127. The maximum Gasteiger partial charge on any atom is 0.223 e. The Bertz CT molecular complexity index is 612. The lowest BCUT2D eigenvalue weighted by molar-refractivity contribution is -0.122. The molecule has 6 nitrogen and oxygen atoms in total. The zero-order valence-electron chi connectivity index (χ0n) is 16.8. The van der Waals surface area contributed by atoms with E-state index in [1.807, 2.05) is 0 Å². The summed E-state index contributed by atoms with van der Waals surface area (Å²) in [6.45, 7) is 7.37. The molecular formula is C21H34IN5O.